The number of carbonyl (C=O) groups excluding carboxylic acids is 2. The second-order valence-electron chi connectivity index (χ2n) is 6.70. The predicted molar refractivity (Wildman–Crippen MR) is 120 cm³/mol. The largest absolute Gasteiger partial charge is 0.354 e. The molecule has 1 atom stereocenters. The van der Waals surface area contributed by atoms with Crippen LogP contribution in [0.15, 0.2) is 53.0 Å². The molecule has 0 aromatic heterocycles. The van der Waals surface area contributed by atoms with E-state index in [0.717, 1.165) is 16.5 Å². The number of nitrogens with one attached hydrogen (secondary N) is 1. The number of rotatable bonds is 10. The Morgan fingerprint density at radius 1 is 1.17 bits per heavy atom. The third-order valence-corrected chi connectivity index (χ3v) is 5.94. The van der Waals surface area contributed by atoms with Gasteiger partial charge in [0, 0.05) is 28.9 Å². The smallest absolute Gasteiger partial charge is 0.242 e. The molecule has 4 nitrogen and oxygen atoms in total. The van der Waals surface area contributed by atoms with Crippen LogP contribution in [0.2, 0.25) is 0 Å². The van der Waals surface area contributed by atoms with E-state index < -0.39 is 6.04 Å². The fourth-order valence-electron chi connectivity index (χ4n) is 2.71. The van der Waals surface area contributed by atoms with Gasteiger partial charge in [-0.1, -0.05) is 53.2 Å². The first-order valence-corrected chi connectivity index (χ1v) is 11.5. The summed E-state index contributed by atoms with van der Waals surface area (Å²) in [6.07, 6.45) is 0.808. The van der Waals surface area contributed by atoms with E-state index in [1.54, 1.807) is 25.1 Å². The van der Waals surface area contributed by atoms with Gasteiger partial charge < -0.3 is 10.2 Å². The molecule has 2 aromatic carbocycles. The molecule has 29 heavy (non-hydrogen) atoms. The number of thioether (sulfide) groups is 1. The Balaban J connectivity index is 2.05. The van der Waals surface area contributed by atoms with Gasteiger partial charge in [-0.3, -0.25) is 9.59 Å². The Bertz CT molecular complexity index is 817. The second-order valence-corrected chi connectivity index (χ2v) is 8.60. The predicted octanol–water partition coefficient (Wildman–Crippen LogP) is 4.76. The monoisotopic (exact) mass is 480 g/mol. The van der Waals surface area contributed by atoms with Crippen LogP contribution in [0, 0.1) is 5.82 Å². The number of nitrogens with zero attached hydrogens (tertiary/aromatic N) is 1. The molecule has 0 fully saturated rings. The molecule has 0 saturated carbocycles. The minimum Gasteiger partial charge on any atom is -0.354 e. The first kappa shape index (κ1) is 23.4. The maximum atomic E-state index is 14.1. The molecule has 2 rings (SSSR count). The summed E-state index contributed by atoms with van der Waals surface area (Å²) in [5.41, 5.74) is 1.51. The summed E-state index contributed by atoms with van der Waals surface area (Å²) < 4.78 is 15.1. The van der Waals surface area contributed by atoms with Gasteiger partial charge in [-0.05, 0) is 37.1 Å². The van der Waals surface area contributed by atoms with Gasteiger partial charge in [-0.15, -0.1) is 11.8 Å². The van der Waals surface area contributed by atoms with E-state index in [4.69, 9.17) is 0 Å². The van der Waals surface area contributed by atoms with E-state index in [0.29, 0.717) is 17.9 Å². The van der Waals surface area contributed by atoms with Gasteiger partial charge in [0.25, 0.3) is 0 Å². The Hall–Kier alpha value is -1.86. The molecule has 0 unspecified atom stereocenters. The van der Waals surface area contributed by atoms with Crippen molar-refractivity contribution in [3.8, 4) is 0 Å². The van der Waals surface area contributed by atoms with Gasteiger partial charge >= 0.3 is 0 Å². The lowest BCUT2D eigenvalue weighted by molar-refractivity contribution is -0.138. The molecule has 0 aliphatic carbocycles. The zero-order chi connectivity index (χ0) is 21.2. The number of hydrogen-bond donors (Lipinski definition) is 1. The first-order chi connectivity index (χ1) is 13.9. The number of carbonyl (C=O) groups is 2. The molecule has 0 bridgehead atoms. The minimum atomic E-state index is -0.679. The Kier molecular flexibility index (Phi) is 9.67. The standard InChI is InChI=1S/C22H26BrFN2O2S/c1-3-12-25-22(28)16(2)26(13-18-6-4-5-7-20(18)24)21(27)15-29-14-17-8-10-19(23)11-9-17/h4-11,16H,3,12-15H2,1-2H3,(H,25,28)/t16-/m0/s1. The molecule has 1 N–H and O–H groups in total. The maximum absolute atomic E-state index is 14.1. The van der Waals surface area contributed by atoms with Crippen molar-refractivity contribution < 1.29 is 14.0 Å². The van der Waals surface area contributed by atoms with Crippen LogP contribution in [-0.4, -0.2) is 35.1 Å². The lowest BCUT2D eigenvalue weighted by Crippen LogP contribution is -2.48. The summed E-state index contributed by atoms with van der Waals surface area (Å²) in [5.74, 6) is 0.108. The molecule has 2 amide bonds. The van der Waals surface area contributed by atoms with Crippen molar-refractivity contribution in [3.05, 3.63) is 69.9 Å². The Morgan fingerprint density at radius 2 is 1.86 bits per heavy atom. The summed E-state index contributed by atoms with van der Waals surface area (Å²) >= 11 is 4.88. The third-order valence-electron chi connectivity index (χ3n) is 4.42. The van der Waals surface area contributed by atoms with Crippen molar-refractivity contribution in [3.63, 3.8) is 0 Å². The van der Waals surface area contributed by atoms with Crippen molar-refractivity contribution in [1.29, 1.82) is 0 Å². The molecule has 0 radical (unpaired) electrons. The van der Waals surface area contributed by atoms with Gasteiger partial charge in [0.05, 0.1) is 5.75 Å². The summed E-state index contributed by atoms with van der Waals surface area (Å²) in [6.45, 7) is 4.25. The lowest BCUT2D eigenvalue weighted by Gasteiger charge is -2.29. The molecule has 156 valence electrons. The fraction of sp³-hybridized carbons (Fsp3) is 0.364. The van der Waals surface area contributed by atoms with Crippen molar-refractivity contribution in [2.75, 3.05) is 12.3 Å². The normalized spacial score (nSPS) is 11.7. The van der Waals surface area contributed by atoms with E-state index in [1.165, 1.54) is 22.7 Å². The average molecular weight is 481 g/mol. The highest BCUT2D eigenvalue weighted by molar-refractivity contribution is 9.10. The topological polar surface area (TPSA) is 49.4 Å². The van der Waals surface area contributed by atoms with Crippen molar-refractivity contribution in [2.24, 2.45) is 0 Å². The van der Waals surface area contributed by atoms with Crippen molar-refractivity contribution in [1.82, 2.24) is 10.2 Å². The number of benzene rings is 2. The van der Waals surface area contributed by atoms with Crippen LogP contribution in [0.3, 0.4) is 0 Å². The molecule has 7 heteroatoms. The van der Waals surface area contributed by atoms with Crippen LogP contribution in [-0.2, 0) is 21.9 Å². The van der Waals surface area contributed by atoms with Crippen LogP contribution in [0.25, 0.3) is 0 Å². The quantitative estimate of drug-likeness (QED) is 0.532. The lowest BCUT2D eigenvalue weighted by atomic mass is 10.1. The molecule has 0 heterocycles. The highest BCUT2D eigenvalue weighted by Crippen LogP contribution is 2.18. The highest BCUT2D eigenvalue weighted by Gasteiger charge is 2.26. The summed E-state index contributed by atoms with van der Waals surface area (Å²) in [6, 6.07) is 13.6. The summed E-state index contributed by atoms with van der Waals surface area (Å²) in [7, 11) is 0. The average Bonchev–Trinajstić information content (AvgIpc) is 2.72. The number of amides is 2. The van der Waals surface area contributed by atoms with E-state index >= 15 is 0 Å². The third kappa shape index (κ3) is 7.48. The molecule has 0 aliphatic rings. The zero-order valence-corrected chi connectivity index (χ0v) is 19.1. The maximum Gasteiger partial charge on any atom is 0.242 e. The molecular weight excluding hydrogens is 455 g/mol. The minimum absolute atomic E-state index is 0.0606. The van der Waals surface area contributed by atoms with Crippen molar-refractivity contribution >= 4 is 39.5 Å². The van der Waals surface area contributed by atoms with E-state index in [2.05, 4.69) is 21.2 Å². The Morgan fingerprint density at radius 3 is 2.52 bits per heavy atom. The molecule has 0 saturated heterocycles. The van der Waals surface area contributed by atoms with Crippen LogP contribution in [0.4, 0.5) is 4.39 Å². The van der Waals surface area contributed by atoms with Crippen LogP contribution >= 0.6 is 27.7 Å². The Labute approximate surface area is 184 Å². The molecule has 0 spiro atoms. The second kappa shape index (κ2) is 12.0. The number of halogens is 2. The molecule has 0 aliphatic heterocycles. The van der Waals surface area contributed by atoms with E-state index in [-0.39, 0.29) is 29.9 Å². The SMILES string of the molecule is CCCNC(=O)[C@H](C)N(Cc1ccccc1F)C(=O)CSCc1ccc(Br)cc1. The fourth-order valence-corrected chi connectivity index (χ4v) is 3.84. The van der Waals surface area contributed by atoms with Crippen LogP contribution in [0.5, 0.6) is 0 Å². The van der Waals surface area contributed by atoms with Gasteiger partial charge in [-0.2, -0.15) is 0 Å². The van der Waals surface area contributed by atoms with E-state index in [1.807, 2.05) is 31.2 Å². The van der Waals surface area contributed by atoms with Gasteiger partial charge in [0.2, 0.25) is 11.8 Å². The van der Waals surface area contributed by atoms with Gasteiger partial charge in [0.1, 0.15) is 11.9 Å². The first-order valence-electron chi connectivity index (χ1n) is 9.55. The highest BCUT2D eigenvalue weighted by atomic mass is 79.9. The molecule has 2 aromatic rings. The van der Waals surface area contributed by atoms with Gasteiger partial charge in [-0.25, -0.2) is 4.39 Å². The molecular formula is C22H26BrFN2O2S. The van der Waals surface area contributed by atoms with Crippen LogP contribution in [0.1, 0.15) is 31.4 Å². The summed E-state index contributed by atoms with van der Waals surface area (Å²) in [5, 5.41) is 2.82. The van der Waals surface area contributed by atoms with Gasteiger partial charge in [0.15, 0.2) is 0 Å². The zero-order valence-electron chi connectivity index (χ0n) is 16.7. The van der Waals surface area contributed by atoms with Crippen molar-refractivity contribution in [2.45, 2.75) is 38.6 Å². The number of hydrogen-bond acceptors (Lipinski definition) is 3. The summed E-state index contributed by atoms with van der Waals surface area (Å²) in [4.78, 5) is 26.8. The van der Waals surface area contributed by atoms with E-state index in [9.17, 15) is 14.0 Å². The van der Waals surface area contributed by atoms with Crippen LogP contribution < -0.4 is 5.32 Å².